The number of rotatable bonds is 1. The maximum absolute atomic E-state index is 11.6. The third kappa shape index (κ3) is 1.45. The van der Waals surface area contributed by atoms with E-state index in [1.54, 1.807) is 12.1 Å². The van der Waals surface area contributed by atoms with Crippen LogP contribution in [-0.2, 0) is 0 Å². The molecule has 0 aliphatic rings. The van der Waals surface area contributed by atoms with Crippen molar-refractivity contribution in [1.82, 2.24) is 3.67 Å². The second kappa shape index (κ2) is 3.32. The van der Waals surface area contributed by atoms with Gasteiger partial charge in [0.05, 0.1) is 0 Å². The quantitative estimate of drug-likeness (QED) is 0.686. The number of urea groups is 1. The minimum absolute atomic E-state index is 0.195. The number of nitrogens with one attached hydrogen (secondary N) is 1. The average molecular weight is 256 g/mol. The van der Waals surface area contributed by atoms with Crippen LogP contribution in [-0.4, -0.2) is 24.4 Å². The number of nitrogens with two attached hydrogens (primary N) is 1. The summed E-state index contributed by atoms with van der Waals surface area (Å²) in [5.41, 5.74) is 7.03. The molecule has 0 aliphatic carbocycles. The first kappa shape index (κ1) is 9.05. The van der Waals surface area contributed by atoms with Crippen LogP contribution < -0.4 is 16.7 Å². The number of carbonyl (C=O) groups is 1. The van der Waals surface area contributed by atoms with Gasteiger partial charge in [-0.05, 0) is 0 Å². The SMILES string of the molecule is NC(=O)Nn1[se]c2ccccc2c1=O. The summed E-state index contributed by atoms with van der Waals surface area (Å²) in [6.07, 6.45) is 0. The Morgan fingerprint density at radius 1 is 1.43 bits per heavy atom. The standard InChI is InChI=1S/C8H7N3O2Se/c9-8(13)10-11-7(12)5-3-1-2-4-6(5)14-11/h1-4H,(H3,9,10,13). The summed E-state index contributed by atoms with van der Waals surface area (Å²) in [4.78, 5) is 22.2. The fraction of sp³-hybridized carbons (Fsp3) is 0. The molecule has 3 N–H and O–H groups in total. The minimum atomic E-state index is -0.715. The number of hydrogen-bond acceptors (Lipinski definition) is 2. The molecule has 0 saturated heterocycles. The normalized spacial score (nSPS) is 10.3. The number of fused-ring (bicyclic) bond motifs is 1. The van der Waals surface area contributed by atoms with Crippen LogP contribution in [0.4, 0.5) is 4.79 Å². The van der Waals surface area contributed by atoms with E-state index in [2.05, 4.69) is 5.43 Å². The van der Waals surface area contributed by atoms with Crippen LogP contribution in [0.2, 0.25) is 0 Å². The Bertz CT molecular complexity index is 543. The number of carbonyl (C=O) groups excluding carboxylic acids is 1. The second-order valence-electron chi connectivity index (χ2n) is 2.66. The van der Waals surface area contributed by atoms with Crippen LogP contribution in [0.15, 0.2) is 29.1 Å². The fourth-order valence-electron chi connectivity index (χ4n) is 1.15. The van der Waals surface area contributed by atoms with Gasteiger partial charge >= 0.3 is 84.7 Å². The molecule has 0 aliphatic heterocycles. The van der Waals surface area contributed by atoms with E-state index in [1.165, 1.54) is 3.67 Å². The first-order chi connectivity index (χ1) is 6.68. The third-order valence-electron chi connectivity index (χ3n) is 1.70. The zero-order valence-corrected chi connectivity index (χ0v) is 8.77. The van der Waals surface area contributed by atoms with E-state index in [1.807, 2.05) is 12.1 Å². The number of benzene rings is 1. The summed E-state index contributed by atoms with van der Waals surface area (Å²) in [6.45, 7) is 0. The Labute approximate surface area is 85.1 Å². The molecule has 1 aromatic heterocycles. The van der Waals surface area contributed by atoms with Crippen LogP contribution in [0.1, 0.15) is 0 Å². The topological polar surface area (TPSA) is 77.1 Å². The van der Waals surface area contributed by atoms with Gasteiger partial charge in [-0.1, -0.05) is 0 Å². The molecule has 2 amide bonds. The first-order valence-electron chi connectivity index (χ1n) is 3.86. The Balaban J connectivity index is 2.63. The second-order valence-corrected chi connectivity index (χ2v) is 4.73. The number of nitrogens with zero attached hydrogens (tertiary/aromatic N) is 1. The maximum atomic E-state index is 11.6. The van der Waals surface area contributed by atoms with E-state index < -0.39 is 6.03 Å². The Kier molecular flexibility index (Phi) is 2.15. The van der Waals surface area contributed by atoms with Crippen molar-refractivity contribution >= 4 is 30.4 Å². The summed E-state index contributed by atoms with van der Waals surface area (Å²) < 4.78 is 2.22. The van der Waals surface area contributed by atoms with Crippen LogP contribution >= 0.6 is 0 Å². The van der Waals surface area contributed by atoms with Crippen LogP contribution in [0, 0.1) is 0 Å². The molecule has 2 aromatic rings. The van der Waals surface area contributed by atoms with Crippen molar-refractivity contribution in [3.8, 4) is 0 Å². The Morgan fingerprint density at radius 2 is 2.14 bits per heavy atom. The molecule has 1 aromatic carbocycles. The van der Waals surface area contributed by atoms with Gasteiger partial charge in [0.15, 0.2) is 0 Å². The van der Waals surface area contributed by atoms with E-state index >= 15 is 0 Å². The monoisotopic (exact) mass is 257 g/mol. The number of aromatic nitrogens is 1. The fourth-order valence-corrected chi connectivity index (χ4v) is 3.05. The van der Waals surface area contributed by atoms with E-state index in [4.69, 9.17) is 5.73 Å². The van der Waals surface area contributed by atoms with Crippen molar-refractivity contribution < 1.29 is 4.79 Å². The van der Waals surface area contributed by atoms with Crippen molar-refractivity contribution in [2.24, 2.45) is 5.73 Å². The van der Waals surface area contributed by atoms with Crippen molar-refractivity contribution in [2.45, 2.75) is 0 Å². The average Bonchev–Trinajstić information content (AvgIpc) is 2.44. The van der Waals surface area contributed by atoms with Gasteiger partial charge in [-0.15, -0.1) is 0 Å². The number of amides is 2. The van der Waals surface area contributed by atoms with Crippen LogP contribution in [0.25, 0.3) is 9.65 Å². The first-order valence-corrected chi connectivity index (χ1v) is 5.48. The molecule has 2 rings (SSSR count). The molecule has 14 heavy (non-hydrogen) atoms. The molecular weight excluding hydrogens is 249 g/mol. The Morgan fingerprint density at radius 3 is 2.79 bits per heavy atom. The molecular formula is C8H7N3O2Se. The van der Waals surface area contributed by atoms with Gasteiger partial charge in [-0.2, -0.15) is 0 Å². The van der Waals surface area contributed by atoms with E-state index in [0.717, 1.165) is 4.26 Å². The molecule has 5 nitrogen and oxygen atoms in total. The van der Waals surface area contributed by atoms with E-state index in [-0.39, 0.29) is 20.3 Å². The van der Waals surface area contributed by atoms with Gasteiger partial charge in [0.2, 0.25) is 0 Å². The van der Waals surface area contributed by atoms with Gasteiger partial charge < -0.3 is 0 Å². The zero-order valence-electron chi connectivity index (χ0n) is 7.06. The molecule has 72 valence electrons. The molecule has 0 unspecified atom stereocenters. The predicted octanol–water partition coefficient (Wildman–Crippen LogP) is -0.319. The van der Waals surface area contributed by atoms with Gasteiger partial charge in [-0.25, -0.2) is 0 Å². The van der Waals surface area contributed by atoms with Crippen molar-refractivity contribution in [1.29, 1.82) is 0 Å². The summed E-state index contributed by atoms with van der Waals surface area (Å²) in [6, 6.07) is 6.55. The van der Waals surface area contributed by atoms with Gasteiger partial charge in [0.25, 0.3) is 0 Å². The number of primary amides is 1. The van der Waals surface area contributed by atoms with E-state index in [0.29, 0.717) is 5.39 Å². The molecule has 0 fully saturated rings. The molecule has 0 bridgehead atoms. The van der Waals surface area contributed by atoms with Crippen molar-refractivity contribution in [3.05, 3.63) is 34.6 Å². The third-order valence-corrected chi connectivity index (χ3v) is 3.79. The molecule has 0 atom stereocenters. The van der Waals surface area contributed by atoms with Crippen LogP contribution in [0.5, 0.6) is 0 Å². The molecule has 0 spiro atoms. The van der Waals surface area contributed by atoms with Crippen molar-refractivity contribution in [3.63, 3.8) is 0 Å². The molecule has 1 heterocycles. The summed E-state index contributed by atoms with van der Waals surface area (Å²) in [7, 11) is 0. The van der Waals surface area contributed by atoms with Crippen molar-refractivity contribution in [2.75, 3.05) is 5.43 Å². The molecule has 6 heteroatoms. The predicted molar refractivity (Wildman–Crippen MR) is 54.1 cm³/mol. The van der Waals surface area contributed by atoms with E-state index in [9.17, 15) is 9.59 Å². The molecule has 0 radical (unpaired) electrons. The summed E-state index contributed by atoms with van der Waals surface area (Å²) in [5.74, 6) is 0. The van der Waals surface area contributed by atoms with Gasteiger partial charge in [0, 0.05) is 0 Å². The summed E-state index contributed by atoms with van der Waals surface area (Å²) >= 11 is -0.206. The summed E-state index contributed by atoms with van der Waals surface area (Å²) in [5, 5.41) is 0.640. The van der Waals surface area contributed by atoms with Crippen LogP contribution in [0.3, 0.4) is 0 Å². The molecule has 0 saturated carbocycles. The number of hydrogen-bond donors (Lipinski definition) is 2. The van der Waals surface area contributed by atoms with Gasteiger partial charge in [0.1, 0.15) is 0 Å². The zero-order chi connectivity index (χ0) is 10.1. The van der Waals surface area contributed by atoms with Gasteiger partial charge in [-0.3, -0.25) is 0 Å². The Hall–Kier alpha value is -1.52.